The van der Waals surface area contributed by atoms with E-state index in [1.165, 1.54) is 58.9 Å². The van der Waals surface area contributed by atoms with E-state index in [2.05, 4.69) is 29.2 Å². The number of rotatable bonds is 15. The molecule has 26 nitrogen and oxygen atoms in total. The minimum absolute atomic E-state index is 0.0547. The first kappa shape index (κ1) is 41.3. The highest BCUT2D eigenvalue weighted by Crippen LogP contribution is 2.61. The average molecular weight is 839 g/mol. The first-order valence-corrected chi connectivity index (χ1v) is 20.9. The van der Waals surface area contributed by atoms with Gasteiger partial charge in [-0.05, 0) is 0 Å². The molecular formula is C26H37N10O16P3-2. The number of aromatic nitrogens is 8. The van der Waals surface area contributed by atoms with Crippen LogP contribution in [0.15, 0.2) is 23.8 Å². The molecule has 4 aromatic heterocycles. The number of phosphoric ester groups is 1. The van der Waals surface area contributed by atoms with Crippen molar-refractivity contribution in [1.82, 2.24) is 34.1 Å². The van der Waals surface area contributed by atoms with Crippen LogP contribution in [-0.2, 0) is 53.0 Å². The number of nitrogen functional groups attached to an aromatic ring is 1. The van der Waals surface area contributed by atoms with E-state index in [1.54, 1.807) is 14.1 Å². The smallest absolute Gasteiger partial charge is 0.313 e. The molecule has 0 saturated carbocycles. The Morgan fingerprint density at radius 1 is 1.00 bits per heavy atom. The summed E-state index contributed by atoms with van der Waals surface area (Å²) in [6.45, 7) is -1.87. The molecule has 0 radical (unpaired) electrons. The van der Waals surface area contributed by atoms with Crippen LogP contribution < -0.4 is 35.4 Å². The molecule has 5 unspecified atom stereocenters. The first-order chi connectivity index (χ1) is 25.8. The lowest BCUT2D eigenvalue weighted by Gasteiger charge is -2.35. The van der Waals surface area contributed by atoms with Gasteiger partial charge in [-0.3, -0.25) is 27.8 Å². The van der Waals surface area contributed by atoms with Crippen molar-refractivity contribution in [2.45, 2.75) is 49.1 Å². The number of hydrogen-bond acceptors (Lipinski definition) is 22. The summed E-state index contributed by atoms with van der Waals surface area (Å²) >= 11 is 0. The van der Waals surface area contributed by atoms with Crippen molar-refractivity contribution in [3.63, 3.8) is 0 Å². The summed E-state index contributed by atoms with van der Waals surface area (Å²) in [7, 11) is -9.68. The van der Waals surface area contributed by atoms with Gasteiger partial charge in [0.05, 0.1) is 32.5 Å². The van der Waals surface area contributed by atoms with Crippen LogP contribution >= 0.6 is 23.0 Å². The van der Waals surface area contributed by atoms with E-state index in [-0.39, 0.29) is 34.1 Å². The normalized spacial score (nSPS) is 29.1. The molecule has 0 spiro atoms. The molecule has 304 valence electrons. The molecule has 0 aliphatic carbocycles. The zero-order valence-corrected chi connectivity index (χ0v) is 32.3. The largest absolute Gasteiger partial charge is 0.778 e. The number of hydrogen-bond donors (Lipinski definition) is 4. The summed E-state index contributed by atoms with van der Waals surface area (Å²) in [5.41, 5.74) is 5.99. The molecule has 6 rings (SSSR count). The molecule has 29 heteroatoms. The summed E-state index contributed by atoms with van der Waals surface area (Å²) in [5.74, 6) is -1.70. The van der Waals surface area contributed by atoms with E-state index in [0.29, 0.717) is 0 Å². The number of aliphatic hydroxyl groups is 2. The molecule has 0 aromatic carbocycles. The van der Waals surface area contributed by atoms with Gasteiger partial charge in [-0.15, -0.1) is 0 Å². The van der Waals surface area contributed by atoms with Crippen molar-refractivity contribution in [3.8, 4) is 0 Å². The number of imidazole rings is 2. The van der Waals surface area contributed by atoms with E-state index >= 15 is 0 Å². The van der Waals surface area contributed by atoms with Crippen molar-refractivity contribution >= 4 is 57.1 Å². The Bertz CT molecular complexity index is 2250. The van der Waals surface area contributed by atoms with Crippen LogP contribution in [0.25, 0.3) is 22.3 Å². The van der Waals surface area contributed by atoms with Crippen molar-refractivity contribution in [2.24, 2.45) is 7.05 Å². The quantitative estimate of drug-likeness (QED) is 0.0658. The number of aliphatic hydroxyl groups excluding tert-OH is 2. The average Bonchev–Trinajstić information content (AvgIpc) is 3.84. The molecule has 2 aliphatic heterocycles. The molecule has 2 saturated heterocycles. The topological polar surface area (TPSA) is 353 Å². The van der Waals surface area contributed by atoms with Gasteiger partial charge < -0.3 is 72.7 Å². The molecule has 4 aromatic rings. The number of methoxy groups -OCH3 is 2. The number of H-pyrrole nitrogens is 1. The van der Waals surface area contributed by atoms with Gasteiger partial charge in [0.1, 0.15) is 56.1 Å². The third-order valence-electron chi connectivity index (χ3n) is 8.69. The molecule has 0 amide bonds. The maximum Gasteiger partial charge on any atom is 0.313 e. The summed E-state index contributed by atoms with van der Waals surface area (Å²) in [4.78, 5) is 71.3. The summed E-state index contributed by atoms with van der Waals surface area (Å²) in [6, 6.07) is 0. The van der Waals surface area contributed by atoms with E-state index in [1.807, 2.05) is 0 Å². The van der Waals surface area contributed by atoms with Crippen molar-refractivity contribution in [2.75, 3.05) is 58.1 Å². The number of fused-ring (bicyclic) bond motifs is 2. The number of anilines is 2. The van der Waals surface area contributed by atoms with E-state index in [4.69, 9.17) is 33.7 Å². The van der Waals surface area contributed by atoms with Gasteiger partial charge in [0.25, 0.3) is 19.3 Å². The van der Waals surface area contributed by atoms with E-state index in [9.17, 15) is 43.4 Å². The fourth-order valence-corrected chi connectivity index (χ4v) is 11.0. The van der Waals surface area contributed by atoms with Crippen LogP contribution in [0.3, 0.4) is 0 Å². The minimum atomic E-state index is -5.80. The van der Waals surface area contributed by atoms with Gasteiger partial charge in [0.2, 0.25) is 11.7 Å². The molecule has 55 heavy (non-hydrogen) atoms. The van der Waals surface area contributed by atoms with Crippen LogP contribution in [-0.4, -0.2) is 128 Å². The van der Waals surface area contributed by atoms with E-state index < -0.39 is 96.8 Å². The van der Waals surface area contributed by atoms with Gasteiger partial charge in [0.15, 0.2) is 31.6 Å². The van der Waals surface area contributed by atoms with Crippen molar-refractivity contribution in [1.29, 1.82) is 0 Å². The Morgan fingerprint density at radius 2 is 1.69 bits per heavy atom. The van der Waals surface area contributed by atoms with E-state index in [0.717, 1.165) is 0 Å². The van der Waals surface area contributed by atoms with Gasteiger partial charge >= 0.3 is 5.65 Å². The molecular weight excluding hydrogens is 801 g/mol. The lowest BCUT2D eigenvalue weighted by Crippen LogP contribution is -2.46. The van der Waals surface area contributed by atoms with Crippen molar-refractivity contribution < 1.29 is 75.5 Å². The maximum atomic E-state index is 12.7. The molecule has 6 heterocycles. The molecule has 0 bridgehead atoms. The van der Waals surface area contributed by atoms with Crippen LogP contribution in [0.1, 0.15) is 12.5 Å². The van der Waals surface area contributed by atoms with Gasteiger partial charge in [-0.25, -0.2) is 19.5 Å². The number of phosphoric acid groups is 1. The predicted octanol–water partition coefficient (Wildman–Crippen LogP) is -3.83. The highest BCUT2D eigenvalue weighted by Gasteiger charge is 2.49. The third-order valence-corrected chi connectivity index (χ3v) is 14.3. The lowest BCUT2D eigenvalue weighted by atomic mass is 10.1. The second kappa shape index (κ2) is 15.6. The maximum absolute atomic E-state index is 12.7. The summed E-state index contributed by atoms with van der Waals surface area (Å²) in [5, 5.41) is 21.4. The number of nitrogens with zero attached hydrogens (tertiary/aromatic N) is 8. The second-order valence-electron chi connectivity index (χ2n) is 12.7. The van der Waals surface area contributed by atoms with Crippen LogP contribution in [0.5, 0.6) is 0 Å². The van der Waals surface area contributed by atoms with Crippen LogP contribution in [0.2, 0.25) is 0 Å². The Labute approximate surface area is 310 Å². The summed E-state index contributed by atoms with van der Waals surface area (Å²) in [6.07, 6.45) is -6.61. The molecule has 5 N–H and O–H groups in total. The summed E-state index contributed by atoms with van der Waals surface area (Å²) < 4.78 is 78.3. The number of aryl methyl sites for hydroxylation is 1. The standard InChI is InChI=1S/C26H39N10O16P3/c1-33(2)26-31-22-15(23(39)32-26)34(3)10-36(22)24-17(38)16(37)12(50-24)6-48-53(40,41)11-54(42,43)52-55(44,45)49-7-13-18(46-4)19(47-5)25(51-13)35-9-30-14-20(27)28-8-29-21(14)35/h8-10,12-13,16-19,24-25,37-38H,6-7,11H2,1-5H3,(H5-,27,28,29,31,32,39,40,41,42,43,44,45)/p-2/t12-,13-,16+,17?,18?,19+,24-,25-/m1/s1. The molecule has 11 atom stereocenters. The SMILES string of the molecule is COC1[C@@H](COP(=O)([O-])OP(=O)([O-])CP(=O)([O-])OC[C@H]2O[C@@H]([n+]3cn(C)c4c(=O)[nH]c(N(C)C)nc43)C(O)[C@H]2O)O[C@@H](n2cnc3c(N)ncnc32)[C@H]1OC. The Morgan fingerprint density at radius 3 is 2.36 bits per heavy atom. The Hall–Kier alpha value is -3.29. The lowest BCUT2D eigenvalue weighted by molar-refractivity contribution is -0.745. The van der Waals surface area contributed by atoms with Crippen LogP contribution in [0.4, 0.5) is 11.8 Å². The zero-order chi connectivity index (χ0) is 40.2. The number of nitrogens with two attached hydrogens (primary N) is 1. The van der Waals surface area contributed by atoms with Crippen LogP contribution in [0, 0.1) is 0 Å². The molecule has 2 fully saturated rings. The number of aromatic amines is 1. The van der Waals surface area contributed by atoms with Gasteiger partial charge in [0, 0.05) is 28.3 Å². The minimum Gasteiger partial charge on any atom is -0.778 e. The fraction of sp³-hybridized carbons (Fsp3) is 0.615. The fourth-order valence-electron chi connectivity index (χ4n) is 6.20. The second-order valence-corrected chi connectivity index (χ2v) is 18.3. The van der Waals surface area contributed by atoms with Gasteiger partial charge in [-0.1, -0.05) is 4.98 Å². The molecule has 2 aliphatic rings. The first-order valence-electron chi connectivity index (χ1n) is 16.0. The van der Waals surface area contributed by atoms with Gasteiger partial charge in [-0.2, -0.15) is 0 Å². The Balaban J connectivity index is 1.07. The number of nitrogens with one attached hydrogen (secondary N) is 1. The monoisotopic (exact) mass is 838 g/mol. The number of ether oxygens (including phenoxy) is 4. The highest BCUT2D eigenvalue weighted by atomic mass is 31.3. The zero-order valence-electron chi connectivity index (χ0n) is 29.6. The Kier molecular flexibility index (Phi) is 11.7. The third kappa shape index (κ3) is 8.40. The highest BCUT2D eigenvalue weighted by molar-refractivity contribution is 7.72. The predicted molar refractivity (Wildman–Crippen MR) is 178 cm³/mol. The van der Waals surface area contributed by atoms with Crippen molar-refractivity contribution in [3.05, 3.63) is 29.3 Å².